The lowest BCUT2D eigenvalue weighted by molar-refractivity contribution is -0.117. The van der Waals surface area contributed by atoms with Crippen LogP contribution in [0.2, 0.25) is 10.0 Å². The number of nitriles is 1. The number of anilines is 1. The van der Waals surface area contributed by atoms with E-state index in [1.54, 1.807) is 18.2 Å². The first-order chi connectivity index (χ1) is 13.8. The Balaban J connectivity index is 2.05. The smallest absolute Gasteiger partial charge is 0.264 e. The number of nitrogens with zero attached hydrogens (tertiary/aromatic N) is 2. The molecule has 1 aliphatic heterocycles. The van der Waals surface area contributed by atoms with Gasteiger partial charge in [0.25, 0.3) is 5.91 Å². The zero-order valence-corrected chi connectivity index (χ0v) is 17.4. The van der Waals surface area contributed by atoms with Crippen LogP contribution in [0.4, 0.5) is 10.1 Å². The van der Waals surface area contributed by atoms with Crippen molar-refractivity contribution >= 4 is 52.5 Å². The van der Waals surface area contributed by atoms with E-state index >= 15 is 0 Å². The number of benzene rings is 2. The Kier molecular flexibility index (Phi) is 6.48. The first-order valence-electron chi connectivity index (χ1n) is 8.42. The van der Waals surface area contributed by atoms with E-state index in [4.69, 9.17) is 23.2 Å². The van der Waals surface area contributed by atoms with Gasteiger partial charge in [0.05, 0.1) is 5.25 Å². The summed E-state index contributed by atoms with van der Waals surface area (Å²) in [6.45, 7) is 0. The summed E-state index contributed by atoms with van der Waals surface area (Å²) in [5.74, 6) is -1.41. The molecule has 0 aliphatic carbocycles. The third kappa shape index (κ3) is 4.40. The molecule has 1 fully saturated rings. The predicted octanol–water partition coefficient (Wildman–Crippen LogP) is 4.30. The van der Waals surface area contributed by atoms with Gasteiger partial charge in [-0.1, -0.05) is 41.0 Å². The number of thioether (sulfide) groups is 1. The summed E-state index contributed by atoms with van der Waals surface area (Å²) in [6.07, 6.45) is 0.271. The van der Waals surface area contributed by atoms with E-state index in [1.807, 2.05) is 6.07 Å². The highest BCUT2D eigenvalue weighted by atomic mass is 35.5. The fourth-order valence-electron chi connectivity index (χ4n) is 2.82. The average Bonchev–Trinajstić information content (AvgIpc) is 3.01. The van der Waals surface area contributed by atoms with E-state index in [9.17, 15) is 19.2 Å². The van der Waals surface area contributed by atoms with Crippen LogP contribution in [0, 0.1) is 17.1 Å². The molecule has 148 valence electrons. The maximum absolute atomic E-state index is 13.4. The highest BCUT2D eigenvalue weighted by Crippen LogP contribution is 2.42. The van der Waals surface area contributed by atoms with Crippen LogP contribution >= 0.6 is 35.0 Å². The van der Waals surface area contributed by atoms with Crippen LogP contribution in [0.25, 0.3) is 0 Å². The highest BCUT2D eigenvalue weighted by molar-refractivity contribution is 8.05. The van der Waals surface area contributed by atoms with Gasteiger partial charge in [0, 0.05) is 22.8 Å². The third-order valence-corrected chi connectivity index (χ3v) is 6.09. The standard InChI is InChI=1S/C20H14Cl2FN3O2S/c1-25-18(27)15(10-24)20-26(14-6-4-13(23)5-7-14)19(28)17(29-20)8-11-2-3-12(21)9-16(11)22/h2-7,9,17H,8H2,1H3,(H,25,27)/b20-15-/t17-/m0/s1. The van der Waals surface area contributed by atoms with Crippen LogP contribution in [-0.2, 0) is 16.0 Å². The molecular formula is C20H14Cl2FN3O2S. The Morgan fingerprint density at radius 2 is 1.97 bits per heavy atom. The number of hydrogen-bond acceptors (Lipinski definition) is 4. The number of halogens is 3. The molecule has 1 heterocycles. The Labute approximate surface area is 181 Å². The summed E-state index contributed by atoms with van der Waals surface area (Å²) in [7, 11) is 1.40. The Morgan fingerprint density at radius 1 is 1.28 bits per heavy atom. The Bertz CT molecular complexity index is 1050. The minimum absolute atomic E-state index is 0.193. The molecule has 0 radical (unpaired) electrons. The fraction of sp³-hybridized carbons (Fsp3) is 0.150. The van der Waals surface area contributed by atoms with Gasteiger partial charge < -0.3 is 5.32 Å². The second kappa shape index (κ2) is 8.87. The van der Waals surface area contributed by atoms with Crippen molar-refractivity contribution in [3.63, 3.8) is 0 Å². The van der Waals surface area contributed by atoms with E-state index < -0.39 is 17.0 Å². The summed E-state index contributed by atoms with van der Waals surface area (Å²) in [6, 6.07) is 12.1. The van der Waals surface area contributed by atoms with Crippen molar-refractivity contribution in [2.24, 2.45) is 0 Å². The lowest BCUT2D eigenvalue weighted by Crippen LogP contribution is -2.31. The van der Waals surface area contributed by atoms with Crippen molar-refractivity contribution in [2.45, 2.75) is 11.7 Å². The number of rotatable bonds is 4. The summed E-state index contributed by atoms with van der Waals surface area (Å²) in [4.78, 5) is 26.6. The lowest BCUT2D eigenvalue weighted by atomic mass is 10.1. The SMILES string of the molecule is CNC(=O)/C(C#N)=C1\S[C@@H](Cc2ccc(Cl)cc2Cl)C(=O)N1c1ccc(F)cc1. The first kappa shape index (κ1) is 21.2. The van der Waals surface area contributed by atoms with Gasteiger partial charge in [-0.2, -0.15) is 5.26 Å². The van der Waals surface area contributed by atoms with Crippen molar-refractivity contribution in [2.75, 3.05) is 11.9 Å². The maximum atomic E-state index is 13.4. The summed E-state index contributed by atoms with van der Waals surface area (Å²) in [5.41, 5.74) is 0.876. The molecule has 0 spiro atoms. The molecule has 2 amide bonds. The molecule has 1 N–H and O–H groups in total. The summed E-state index contributed by atoms with van der Waals surface area (Å²) >= 11 is 13.3. The van der Waals surface area contributed by atoms with E-state index in [-0.39, 0.29) is 22.9 Å². The molecule has 1 saturated heterocycles. The molecule has 29 heavy (non-hydrogen) atoms. The summed E-state index contributed by atoms with van der Waals surface area (Å²) < 4.78 is 13.4. The normalized spacial score (nSPS) is 17.8. The number of amides is 2. The van der Waals surface area contributed by atoms with Crippen molar-refractivity contribution in [1.29, 1.82) is 5.26 Å². The monoisotopic (exact) mass is 449 g/mol. The third-order valence-electron chi connectivity index (χ3n) is 4.24. The molecule has 3 rings (SSSR count). The number of carbonyl (C=O) groups is 2. The average molecular weight is 450 g/mol. The second-order valence-corrected chi connectivity index (χ2v) is 8.10. The van der Waals surface area contributed by atoms with Crippen LogP contribution in [-0.4, -0.2) is 24.1 Å². The zero-order valence-electron chi connectivity index (χ0n) is 15.1. The highest BCUT2D eigenvalue weighted by Gasteiger charge is 2.40. The lowest BCUT2D eigenvalue weighted by Gasteiger charge is -2.18. The molecule has 0 saturated carbocycles. The van der Waals surface area contributed by atoms with Crippen molar-refractivity contribution in [3.8, 4) is 6.07 Å². The molecule has 1 aliphatic rings. The van der Waals surface area contributed by atoms with Crippen molar-refractivity contribution in [3.05, 3.63) is 74.5 Å². The van der Waals surface area contributed by atoms with Gasteiger partial charge in [-0.3, -0.25) is 14.5 Å². The Hall–Kier alpha value is -2.53. The molecular weight excluding hydrogens is 436 g/mol. The van der Waals surface area contributed by atoms with Gasteiger partial charge in [0.2, 0.25) is 5.91 Å². The van der Waals surface area contributed by atoms with Gasteiger partial charge in [-0.25, -0.2) is 4.39 Å². The number of nitrogens with one attached hydrogen (secondary N) is 1. The van der Waals surface area contributed by atoms with Gasteiger partial charge in [-0.15, -0.1) is 0 Å². The van der Waals surface area contributed by atoms with Crippen LogP contribution in [0.1, 0.15) is 5.56 Å². The van der Waals surface area contributed by atoms with Crippen LogP contribution < -0.4 is 10.2 Å². The van der Waals surface area contributed by atoms with Crippen molar-refractivity contribution < 1.29 is 14.0 Å². The molecule has 0 unspecified atom stereocenters. The van der Waals surface area contributed by atoms with Crippen LogP contribution in [0.3, 0.4) is 0 Å². The van der Waals surface area contributed by atoms with Gasteiger partial charge in [0.1, 0.15) is 22.5 Å². The molecule has 2 aromatic rings. The maximum Gasteiger partial charge on any atom is 0.264 e. The van der Waals surface area contributed by atoms with Crippen molar-refractivity contribution in [1.82, 2.24) is 5.32 Å². The van der Waals surface area contributed by atoms with Crippen LogP contribution in [0.5, 0.6) is 0 Å². The number of likely N-dealkylation sites (N-methyl/N-ethyl adjacent to an activating group) is 1. The number of carbonyl (C=O) groups excluding carboxylic acids is 2. The Morgan fingerprint density at radius 3 is 2.55 bits per heavy atom. The minimum Gasteiger partial charge on any atom is -0.354 e. The topological polar surface area (TPSA) is 73.2 Å². The molecule has 9 heteroatoms. The fourth-order valence-corrected chi connectivity index (χ4v) is 4.61. The van der Waals surface area contributed by atoms with E-state index in [0.717, 1.165) is 11.8 Å². The predicted molar refractivity (Wildman–Crippen MR) is 112 cm³/mol. The molecule has 0 aromatic heterocycles. The van der Waals surface area contributed by atoms with Gasteiger partial charge in [0.15, 0.2) is 0 Å². The zero-order chi connectivity index (χ0) is 21.1. The first-order valence-corrected chi connectivity index (χ1v) is 10.1. The minimum atomic E-state index is -0.623. The molecule has 2 aromatic carbocycles. The molecule has 1 atom stereocenters. The molecule has 0 bridgehead atoms. The van der Waals surface area contributed by atoms with E-state index in [2.05, 4.69) is 5.32 Å². The van der Waals surface area contributed by atoms with E-state index in [1.165, 1.54) is 36.2 Å². The summed E-state index contributed by atoms with van der Waals surface area (Å²) in [5, 5.41) is 12.4. The molecule has 5 nitrogen and oxygen atoms in total. The second-order valence-electron chi connectivity index (χ2n) is 6.07. The van der Waals surface area contributed by atoms with Gasteiger partial charge in [-0.05, 0) is 48.4 Å². The number of hydrogen-bond donors (Lipinski definition) is 1. The quantitative estimate of drug-likeness (QED) is 0.557. The van der Waals surface area contributed by atoms with Gasteiger partial charge >= 0.3 is 0 Å². The largest absolute Gasteiger partial charge is 0.354 e. The van der Waals surface area contributed by atoms with E-state index in [0.29, 0.717) is 21.3 Å². The van der Waals surface area contributed by atoms with Crippen LogP contribution in [0.15, 0.2) is 53.1 Å².